The van der Waals surface area contributed by atoms with E-state index in [1.165, 1.54) is 22.3 Å². The predicted molar refractivity (Wildman–Crippen MR) is 115 cm³/mol. The van der Waals surface area contributed by atoms with Crippen molar-refractivity contribution in [2.45, 2.75) is 33.8 Å². The van der Waals surface area contributed by atoms with Crippen molar-refractivity contribution in [3.63, 3.8) is 0 Å². The lowest BCUT2D eigenvalue weighted by molar-refractivity contribution is -0.117. The molecular formula is C24H28N2O3. The summed E-state index contributed by atoms with van der Waals surface area (Å²) in [7, 11) is 1.61. The normalized spacial score (nSPS) is 11.1. The fourth-order valence-electron chi connectivity index (χ4n) is 3.08. The molecule has 2 aromatic rings. The Morgan fingerprint density at radius 3 is 2.38 bits per heavy atom. The molecule has 0 saturated carbocycles. The number of carbonyl (C=O) groups excluding carboxylic acids is 1. The van der Waals surface area contributed by atoms with Crippen LogP contribution in [0.15, 0.2) is 42.0 Å². The SMILES string of the molecule is COCCCNC(=O)/C(C#N)=C/c1ccc(OCc2c(C)cc(C)cc2C)cc1. The van der Waals surface area contributed by atoms with Gasteiger partial charge in [0.05, 0.1) is 0 Å². The molecule has 0 saturated heterocycles. The maximum Gasteiger partial charge on any atom is 0.261 e. The van der Waals surface area contributed by atoms with Crippen molar-refractivity contribution in [2.24, 2.45) is 0 Å². The molecule has 0 radical (unpaired) electrons. The summed E-state index contributed by atoms with van der Waals surface area (Å²) in [6.45, 7) is 7.81. The van der Waals surface area contributed by atoms with Gasteiger partial charge in [0.25, 0.3) is 5.91 Å². The van der Waals surface area contributed by atoms with Crippen LogP contribution >= 0.6 is 0 Å². The summed E-state index contributed by atoms with van der Waals surface area (Å²) in [5.41, 5.74) is 5.72. The minimum atomic E-state index is -0.380. The van der Waals surface area contributed by atoms with E-state index < -0.39 is 0 Å². The number of hydrogen-bond acceptors (Lipinski definition) is 4. The van der Waals surface area contributed by atoms with Crippen LogP contribution in [0.4, 0.5) is 0 Å². The summed E-state index contributed by atoms with van der Waals surface area (Å²) < 4.78 is 10.9. The molecule has 0 aliphatic heterocycles. The van der Waals surface area contributed by atoms with Crippen LogP contribution in [0.2, 0.25) is 0 Å². The molecule has 29 heavy (non-hydrogen) atoms. The second-order valence-electron chi connectivity index (χ2n) is 7.01. The fraction of sp³-hybridized carbons (Fsp3) is 0.333. The topological polar surface area (TPSA) is 71.3 Å². The van der Waals surface area contributed by atoms with Crippen LogP contribution in [0, 0.1) is 32.1 Å². The molecular weight excluding hydrogens is 364 g/mol. The van der Waals surface area contributed by atoms with Crippen molar-refractivity contribution in [1.29, 1.82) is 5.26 Å². The number of methoxy groups -OCH3 is 1. The summed E-state index contributed by atoms with van der Waals surface area (Å²) in [6.07, 6.45) is 2.27. The molecule has 1 amide bonds. The van der Waals surface area contributed by atoms with E-state index in [4.69, 9.17) is 9.47 Å². The van der Waals surface area contributed by atoms with Crippen molar-refractivity contribution in [2.75, 3.05) is 20.3 Å². The van der Waals surface area contributed by atoms with Crippen LogP contribution in [0.5, 0.6) is 5.75 Å². The fourth-order valence-corrected chi connectivity index (χ4v) is 3.08. The van der Waals surface area contributed by atoms with Gasteiger partial charge in [0, 0.05) is 20.3 Å². The average molecular weight is 392 g/mol. The van der Waals surface area contributed by atoms with E-state index >= 15 is 0 Å². The predicted octanol–water partition coefficient (Wildman–Crippen LogP) is 4.25. The minimum absolute atomic E-state index is 0.0713. The lowest BCUT2D eigenvalue weighted by Gasteiger charge is -2.13. The molecule has 0 unspecified atom stereocenters. The number of nitrogens with zero attached hydrogens (tertiary/aromatic N) is 1. The lowest BCUT2D eigenvalue weighted by atomic mass is 10.0. The van der Waals surface area contributed by atoms with Crippen LogP contribution in [0.25, 0.3) is 6.08 Å². The van der Waals surface area contributed by atoms with Gasteiger partial charge in [0.1, 0.15) is 24.0 Å². The zero-order valence-corrected chi connectivity index (χ0v) is 17.5. The van der Waals surface area contributed by atoms with E-state index in [2.05, 4.69) is 38.2 Å². The number of ether oxygens (including phenoxy) is 2. The van der Waals surface area contributed by atoms with Gasteiger partial charge in [-0.1, -0.05) is 29.8 Å². The Morgan fingerprint density at radius 2 is 1.79 bits per heavy atom. The molecule has 0 aromatic heterocycles. The molecule has 0 spiro atoms. The third-order valence-electron chi connectivity index (χ3n) is 4.59. The monoisotopic (exact) mass is 392 g/mol. The van der Waals surface area contributed by atoms with Gasteiger partial charge in [-0.2, -0.15) is 5.26 Å². The highest BCUT2D eigenvalue weighted by molar-refractivity contribution is 6.01. The van der Waals surface area contributed by atoms with Crippen LogP contribution in [-0.2, 0) is 16.1 Å². The van der Waals surface area contributed by atoms with Gasteiger partial charge in [-0.25, -0.2) is 0 Å². The van der Waals surface area contributed by atoms with Crippen LogP contribution in [-0.4, -0.2) is 26.2 Å². The highest BCUT2D eigenvalue weighted by Gasteiger charge is 2.09. The molecule has 0 atom stereocenters. The van der Waals surface area contributed by atoms with Gasteiger partial charge in [-0.3, -0.25) is 4.79 Å². The number of nitrogens with one attached hydrogen (secondary N) is 1. The number of benzene rings is 2. The number of nitriles is 1. The van der Waals surface area contributed by atoms with Crippen molar-refractivity contribution in [3.8, 4) is 11.8 Å². The van der Waals surface area contributed by atoms with E-state index in [0.717, 1.165) is 11.3 Å². The number of rotatable bonds is 9. The summed E-state index contributed by atoms with van der Waals surface area (Å²) >= 11 is 0. The Morgan fingerprint density at radius 1 is 1.14 bits per heavy atom. The van der Waals surface area contributed by atoms with Gasteiger partial charge in [-0.15, -0.1) is 0 Å². The summed E-state index contributed by atoms with van der Waals surface area (Å²) in [5.74, 6) is 0.360. The van der Waals surface area contributed by atoms with Crippen molar-refractivity contribution in [3.05, 3.63) is 69.8 Å². The van der Waals surface area contributed by atoms with Gasteiger partial charge in [-0.05, 0) is 67.7 Å². The van der Waals surface area contributed by atoms with E-state index in [1.807, 2.05) is 30.3 Å². The average Bonchev–Trinajstić information content (AvgIpc) is 2.69. The first-order valence-corrected chi connectivity index (χ1v) is 9.63. The van der Waals surface area contributed by atoms with Crippen LogP contribution in [0.3, 0.4) is 0 Å². The lowest BCUT2D eigenvalue weighted by Crippen LogP contribution is -2.26. The smallest absolute Gasteiger partial charge is 0.261 e. The maximum atomic E-state index is 12.1. The zero-order valence-electron chi connectivity index (χ0n) is 17.5. The first kappa shape index (κ1) is 22.2. The number of carbonyl (C=O) groups is 1. The quantitative estimate of drug-likeness (QED) is 0.393. The Kier molecular flexibility index (Phi) is 8.45. The van der Waals surface area contributed by atoms with E-state index in [9.17, 15) is 10.1 Å². The molecule has 0 fully saturated rings. The molecule has 2 aromatic carbocycles. The zero-order chi connectivity index (χ0) is 21.2. The Balaban J connectivity index is 1.99. The highest BCUT2D eigenvalue weighted by atomic mass is 16.5. The van der Waals surface area contributed by atoms with Gasteiger partial charge < -0.3 is 14.8 Å². The molecule has 0 aliphatic carbocycles. The molecule has 1 N–H and O–H groups in total. The molecule has 5 heteroatoms. The number of hydrogen-bond donors (Lipinski definition) is 1. The first-order chi connectivity index (χ1) is 13.9. The molecule has 2 rings (SSSR count). The number of aryl methyl sites for hydroxylation is 3. The van der Waals surface area contributed by atoms with E-state index in [1.54, 1.807) is 13.2 Å². The molecule has 0 heterocycles. The van der Waals surface area contributed by atoms with Crippen molar-refractivity contribution in [1.82, 2.24) is 5.32 Å². The van der Waals surface area contributed by atoms with Crippen molar-refractivity contribution < 1.29 is 14.3 Å². The summed E-state index contributed by atoms with van der Waals surface area (Å²) in [4.78, 5) is 12.1. The largest absolute Gasteiger partial charge is 0.489 e. The molecule has 0 aliphatic rings. The third kappa shape index (κ3) is 6.78. The van der Waals surface area contributed by atoms with Gasteiger partial charge in [0.15, 0.2) is 0 Å². The first-order valence-electron chi connectivity index (χ1n) is 9.63. The van der Waals surface area contributed by atoms with Crippen molar-refractivity contribution >= 4 is 12.0 Å². The van der Waals surface area contributed by atoms with Crippen LogP contribution < -0.4 is 10.1 Å². The third-order valence-corrected chi connectivity index (χ3v) is 4.59. The molecule has 152 valence electrons. The summed E-state index contributed by atoms with van der Waals surface area (Å²) in [5, 5.41) is 12.0. The maximum absolute atomic E-state index is 12.1. The Labute approximate surface area is 173 Å². The Bertz CT molecular complexity index is 886. The second-order valence-corrected chi connectivity index (χ2v) is 7.01. The standard InChI is InChI=1S/C24H28N2O3/c1-17-12-18(2)23(19(3)13-17)16-29-22-8-6-20(7-9-22)14-21(15-25)24(27)26-10-5-11-28-4/h6-9,12-14H,5,10-11,16H2,1-4H3,(H,26,27)/b21-14+. The molecule has 0 bridgehead atoms. The van der Waals surface area contributed by atoms with Gasteiger partial charge in [0.2, 0.25) is 0 Å². The summed E-state index contributed by atoms with van der Waals surface area (Å²) in [6, 6.07) is 13.6. The number of amides is 1. The highest BCUT2D eigenvalue weighted by Crippen LogP contribution is 2.20. The van der Waals surface area contributed by atoms with E-state index in [-0.39, 0.29) is 11.5 Å². The minimum Gasteiger partial charge on any atom is -0.489 e. The molecule has 5 nitrogen and oxygen atoms in total. The van der Waals surface area contributed by atoms with Gasteiger partial charge >= 0.3 is 0 Å². The van der Waals surface area contributed by atoms with E-state index in [0.29, 0.717) is 26.2 Å². The Hall–Kier alpha value is -3.10. The van der Waals surface area contributed by atoms with Crippen LogP contribution in [0.1, 0.15) is 34.2 Å². The second kappa shape index (κ2) is 11.0.